The zero-order chi connectivity index (χ0) is 22.2. The van der Waals surface area contributed by atoms with Crippen LogP contribution in [0.1, 0.15) is 25.7 Å². The van der Waals surface area contributed by atoms with Crippen LogP contribution in [0.4, 0.5) is 11.8 Å². The van der Waals surface area contributed by atoms with Crippen molar-refractivity contribution in [3.8, 4) is 11.3 Å². The molecule has 0 atom stereocenters. The Kier molecular flexibility index (Phi) is 5.12. The molecule has 1 aliphatic carbocycles. The van der Waals surface area contributed by atoms with Gasteiger partial charge in [-0.05, 0) is 31.7 Å². The van der Waals surface area contributed by atoms with Gasteiger partial charge in [0.05, 0.1) is 17.3 Å². The molecule has 0 bridgehead atoms. The number of nitrogens with one attached hydrogen (secondary N) is 3. The Bertz CT molecular complexity index is 1270. The van der Waals surface area contributed by atoms with E-state index in [0.717, 1.165) is 59.4 Å². The van der Waals surface area contributed by atoms with Crippen LogP contribution in [0, 0.1) is 5.92 Å². The van der Waals surface area contributed by atoms with E-state index in [9.17, 15) is 4.79 Å². The molecule has 0 aliphatic heterocycles. The number of carbonyl (C=O) groups excluding carboxylic acids is 1. The van der Waals surface area contributed by atoms with Gasteiger partial charge >= 0.3 is 0 Å². The van der Waals surface area contributed by atoms with Crippen molar-refractivity contribution in [2.75, 3.05) is 31.8 Å². The Morgan fingerprint density at radius 3 is 2.72 bits per heavy atom. The van der Waals surface area contributed by atoms with Crippen LogP contribution < -0.4 is 10.6 Å². The number of amides is 1. The first-order chi connectivity index (χ1) is 15.5. The van der Waals surface area contributed by atoms with Crippen LogP contribution in [0.25, 0.3) is 27.9 Å². The van der Waals surface area contributed by atoms with Gasteiger partial charge in [0.1, 0.15) is 11.5 Å². The molecule has 1 saturated carbocycles. The molecule has 1 aliphatic rings. The summed E-state index contributed by atoms with van der Waals surface area (Å²) in [5.74, 6) is 1.66. The van der Waals surface area contributed by atoms with E-state index >= 15 is 0 Å². The van der Waals surface area contributed by atoms with Crippen molar-refractivity contribution in [1.29, 1.82) is 0 Å². The predicted octanol–water partition coefficient (Wildman–Crippen LogP) is 2.77. The molecule has 4 heterocycles. The Balaban J connectivity index is 1.39. The Morgan fingerprint density at radius 1 is 1.16 bits per heavy atom. The Hall–Kier alpha value is -3.69. The molecule has 10 heteroatoms. The molecule has 0 saturated heterocycles. The molecule has 3 N–H and O–H groups in total. The number of hydrogen-bond acceptors (Lipinski definition) is 7. The fourth-order valence-electron chi connectivity index (χ4n) is 4.48. The second kappa shape index (κ2) is 8.10. The fraction of sp³-hybridized carbons (Fsp3) is 0.409. The summed E-state index contributed by atoms with van der Waals surface area (Å²) in [7, 11) is 5.50. The van der Waals surface area contributed by atoms with Crippen LogP contribution in [0.5, 0.6) is 0 Å². The highest BCUT2D eigenvalue weighted by molar-refractivity contribution is 6.00. The highest BCUT2D eigenvalue weighted by Crippen LogP contribution is 2.33. The number of hydrogen-bond donors (Lipinski definition) is 3. The van der Waals surface area contributed by atoms with E-state index in [-0.39, 0.29) is 17.9 Å². The third-order valence-electron chi connectivity index (χ3n) is 6.15. The highest BCUT2D eigenvalue weighted by atomic mass is 16.2. The predicted molar refractivity (Wildman–Crippen MR) is 123 cm³/mol. The van der Waals surface area contributed by atoms with Gasteiger partial charge in [0, 0.05) is 57.1 Å². The van der Waals surface area contributed by atoms with Gasteiger partial charge in [0.2, 0.25) is 11.9 Å². The van der Waals surface area contributed by atoms with Crippen molar-refractivity contribution < 1.29 is 4.79 Å². The van der Waals surface area contributed by atoms with Gasteiger partial charge in [-0.25, -0.2) is 9.50 Å². The lowest BCUT2D eigenvalue weighted by atomic mass is 9.85. The first-order valence-electron chi connectivity index (χ1n) is 10.9. The molecule has 0 spiro atoms. The van der Waals surface area contributed by atoms with Gasteiger partial charge < -0.3 is 20.5 Å². The molecule has 32 heavy (non-hydrogen) atoms. The lowest BCUT2D eigenvalue weighted by molar-refractivity contribution is -0.133. The first kappa shape index (κ1) is 20.2. The number of aromatic nitrogens is 6. The largest absolute Gasteiger partial charge is 0.372 e. The fourth-order valence-corrected chi connectivity index (χ4v) is 4.48. The second-order valence-electron chi connectivity index (χ2n) is 8.44. The van der Waals surface area contributed by atoms with Crippen molar-refractivity contribution in [3.05, 3.63) is 30.7 Å². The molecule has 5 rings (SSSR count). The number of H-pyrrole nitrogens is 1. The quantitative estimate of drug-likeness (QED) is 0.443. The number of fused-ring (bicyclic) bond motifs is 2. The van der Waals surface area contributed by atoms with Crippen molar-refractivity contribution in [1.82, 2.24) is 34.4 Å². The number of rotatable bonds is 5. The summed E-state index contributed by atoms with van der Waals surface area (Å²) < 4.78 is 1.73. The summed E-state index contributed by atoms with van der Waals surface area (Å²) in [5.41, 5.74) is 3.29. The Morgan fingerprint density at radius 2 is 1.97 bits per heavy atom. The molecule has 10 nitrogen and oxygen atoms in total. The van der Waals surface area contributed by atoms with Crippen LogP contribution in [0.3, 0.4) is 0 Å². The van der Waals surface area contributed by atoms with Crippen molar-refractivity contribution in [2.45, 2.75) is 31.7 Å². The monoisotopic (exact) mass is 433 g/mol. The van der Waals surface area contributed by atoms with E-state index < -0.39 is 0 Å². The van der Waals surface area contributed by atoms with E-state index in [2.05, 4.69) is 20.7 Å². The average molecular weight is 434 g/mol. The SMILES string of the molecule is CNc1nc(NC2CCC(C(=O)N(C)C)CC2)nc2[nH]cc(-c3ccn4nccc4n3)c12. The van der Waals surface area contributed by atoms with Crippen molar-refractivity contribution >= 4 is 34.4 Å². The lowest BCUT2D eigenvalue weighted by Crippen LogP contribution is -2.35. The summed E-state index contributed by atoms with van der Waals surface area (Å²) in [6, 6.07) is 4.06. The van der Waals surface area contributed by atoms with Gasteiger partial charge in [-0.2, -0.15) is 15.1 Å². The molecule has 0 aromatic carbocycles. The van der Waals surface area contributed by atoms with E-state index in [1.54, 1.807) is 15.6 Å². The summed E-state index contributed by atoms with van der Waals surface area (Å²) in [4.78, 5) is 31.3. The summed E-state index contributed by atoms with van der Waals surface area (Å²) in [6.07, 6.45) is 9.14. The normalized spacial score (nSPS) is 18.7. The molecule has 0 unspecified atom stereocenters. The lowest BCUT2D eigenvalue weighted by Gasteiger charge is -2.29. The molecular formula is C22H27N9O. The van der Waals surface area contributed by atoms with E-state index in [4.69, 9.17) is 15.0 Å². The van der Waals surface area contributed by atoms with Crippen LogP contribution in [0.2, 0.25) is 0 Å². The maximum atomic E-state index is 12.2. The summed E-state index contributed by atoms with van der Waals surface area (Å²) in [6.45, 7) is 0. The molecule has 4 aromatic rings. The maximum Gasteiger partial charge on any atom is 0.226 e. The highest BCUT2D eigenvalue weighted by Gasteiger charge is 2.28. The summed E-state index contributed by atoms with van der Waals surface area (Å²) >= 11 is 0. The molecule has 1 fully saturated rings. The van der Waals surface area contributed by atoms with Gasteiger partial charge in [-0.15, -0.1) is 0 Å². The average Bonchev–Trinajstić information content (AvgIpc) is 3.45. The minimum absolute atomic E-state index is 0.117. The zero-order valence-corrected chi connectivity index (χ0v) is 18.5. The first-order valence-corrected chi connectivity index (χ1v) is 10.9. The third kappa shape index (κ3) is 3.61. The molecular weight excluding hydrogens is 406 g/mol. The smallest absolute Gasteiger partial charge is 0.226 e. The molecule has 166 valence electrons. The van der Waals surface area contributed by atoms with Crippen LogP contribution in [-0.4, -0.2) is 67.5 Å². The number of carbonyl (C=O) groups is 1. The molecule has 4 aromatic heterocycles. The van der Waals surface area contributed by atoms with Gasteiger partial charge in [0.15, 0.2) is 5.65 Å². The minimum atomic E-state index is 0.117. The van der Waals surface area contributed by atoms with Gasteiger partial charge in [-0.1, -0.05) is 0 Å². The number of aromatic amines is 1. The standard InChI is InChI=1S/C22H27N9O/c1-23-19-18-15(16-9-11-31-17(27-16)8-10-25-31)12-24-20(18)29-22(28-19)26-14-6-4-13(5-7-14)21(32)30(2)3/h8-14H,4-7H2,1-3H3,(H3,23,24,26,28,29). The number of nitrogens with zero attached hydrogens (tertiary/aromatic N) is 6. The topological polar surface area (TPSA) is 116 Å². The van der Waals surface area contributed by atoms with Crippen LogP contribution >= 0.6 is 0 Å². The molecule has 1 amide bonds. The maximum absolute atomic E-state index is 12.2. The third-order valence-corrected chi connectivity index (χ3v) is 6.15. The molecule has 0 radical (unpaired) electrons. The summed E-state index contributed by atoms with van der Waals surface area (Å²) in [5, 5.41) is 11.8. The Labute approximate surface area is 185 Å². The number of anilines is 2. The van der Waals surface area contributed by atoms with Crippen molar-refractivity contribution in [3.63, 3.8) is 0 Å². The van der Waals surface area contributed by atoms with E-state index in [1.165, 1.54) is 0 Å². The van der Waals surface area contributed by atoms with Crippen LogP contribution in [-0.2, 0) is 4.79 Å². The van der Waals surface area contributed by atoms with E-state index in [1.807, 2.05) is 45.7 Å². The second-order valence-corrected chi connectivity index (χ2v) is 8.44. The van der Waals surface area contributed by atoms with E-state index in [0.29, 0.717) is 5.95 Å². The van der Waals surface area contributed by atoms with Crippen LogP contribution in [0.15, 0.2) is 30.7 Å². The minimum Gasteiger partial charge on any atom is -0.372 e. The van der Waals surface area contributed by atoms with Gasteiger partial charge in [-0.3, -0.25) is 4.79 Å². The van der Waals surface area contributed by atoms with Gasteiger partial charge in [0.25, 0.3) is 0 Å². The van der Waals surface area contributed by atoms with Crippen molar-refractivity contribution in [2.24, 2.45) is 5.92 Å². The zero-order valence-electron chi connectivity index (χ0n) is 18.5.